The van der Waals surface area contributed by atoms with Crippen LogP contribution >= 0.6 is 0 Å². The number of nitrogens with zero attached hydrogens (tertiary/aromatic N) is 4. The molecular formula is C10H12N4. The van der Waals surface area contributed by atoms with Crippen LogP contribution in [0.2, 0.25) is 0 Å². The van der Waals surface area contributed by atoms with E-state index in [0.29, 0.717) is 0 Å². The van der Waals surface area contributed by atoms with Crippen molar-refractivity contribution in [3.63, 3.8) is 0 Å². The third-order valence-corrected chi connectivity index (χ3v) is 2.01. The van der Waals surface area contributed by atoms with Gasteiger partial charge in [-0.3, -0.25) is 0 Å². The molecule has 72 valence electrons. The fourth-order valence-corrected chi connectivity index (χ4v) is 1.37. The van der Waals surface area contributed by atoms with Gasteiger partial charge in [0.2, 0.25) is 0 Å². The molecule has 0 atom stereocenters. The van der Waals surface area contributed by atoms with E-state index in [0.717, 1.165) is 22.9 Å². The summed E-state index contributed by atoms with van der Waals surface area (Å²) in [7, 11) is 0. The number of hydrogen-bond acceptors (Lipinski definition) is 3. The molecule has 2 aromatic rings. The van der Waals surface area contributed by atoms with Crippen LogP contribution in [0.1, 0.15) is 17.1 Å². The van der Waals surface area contributed by atoms with Crippen molar-refractivity contribution in [2.75, 3.05) is 0 Å². The smallest absolute Gasteiger partial charge is 0.175 e. The number of hydrogen-bond donors (Lipinski definition) is 0. The molecule has 4 heteroatoms. The molecule has 0 spiro atoms. The van der Waals surface area contributed by atoms with Gasteiger partial charge < -0.3 is 0 Å². The van der Waals surface area contributed by atoms with Crippen LogP contribution in [0.25, 0.3) is 5.82 Å². The number of rotatable bonds is 1. The summed E-state index contributed by atoms with van der Waals surface area (Å²) in [6.07, 6.45) is 0. The zero-order chi connectivity index (χ0) is 10.1. The lowest BCUT2D eigenvalue weighted by atomic mass is 10.4. The van der Waals surface area contributed by atoms with Gasteiger partial charge in [0.05, 0.1) is 11.4 Å². The van der Waals surface area contributed by atoms with Gasteiger partial charge in [0, 0.05) is 5.69 Å². The molecule has 0 saturated heterocycles. The van der Waals surface area contributed by atoms with Crippen molar-refractivity contribution in [3.8, 4) is 5.82 Å². The number of aromatic nitrogens is 4. The van der Waals surface area contributed by atoms with E-state index >= 15 is 0 Å². The number of aryl methyl sites for hydroxylation is 3. The summed E-state index contributed by atoms with van der Waals surface area (Å²) in [5, 5.41) is 12.4. The van der Waals surface area contributed by atoms with Gasteiger partial charge in [-0.1, -0.05) is 0 Å². The van der Waals surface area contributed by atoms with Gasteiger partial charge in [-0.05, 0) is 39.0 Å². The van der Waals surface area contributed by atoms with Crippen molar-refractivity contribution in [1.29, 1.82) is 0 Å². The molecule has 0 aliphatic carbocycles. The highest BCUT2D eigenvalue weighted by Gasteiger charge is 2.04. The van der Waals surface area contributed by atoms with Crippen LogP contribution in [-0.2, 0) is 0 Å². The molecule has 0 aromatic carbocycles. The lowest BCUT2D eigenvalue weighted by Crippen LogP contribution is -2.03. The predicted octanol–water partition coefficient (Wildman–Crippen LogP) is 1.59. The largest absolute Gasteiger partial charge is 0.218 e. The molecule has 2 rings (SSSR count). The zero-order valence-electron chi connectivity index (χ0n) is 8.52. The van der Waals surface area contributed by atoms with E-state index < -0.39 is 0 Å². The summed E-state index contributed by atoms with van der Waals surface area (Å²) in [6.45, 7) is 5.88. The fraction of sp³-hybridized carbons (Fsp3) is 0.300. The van der Waals surface area contributed by atoms with E-state index in [9.17, 15) is 0 Å². The van der Waals surface area contributed by atoms with Crippen LogP contribution in [-0.4, -0.2) is 20.0 Å². The molecule has 2 heterocycles. The molecule has 0 bridgehead atoms. The summed E-state index contributed by atoms with van der Waals surface area (Å²) < 4.78 is 1.79. The van der Waals surface area contributed by atoms with Crippen molar-refractivity contribution in [2.24, 2.45) is 0 Å². The van der Waals surface area contributed by atoms with Gasteiger partial charge in [0.25, 0.3) is 0 Å². The first-order valence-corrected chi connectivity index (χ1v) is 4.51. The van der Waals surface area contributed by atoms with Crippen molar-refractivity contribution in [1.82, 2.24) is 20.0 Å². The molecule has 0 unspecified atom stereocenters. The van der Waals surface area contributed by atoms with E-state index in [-0.39, 0.29) is 0 Å². The van der Waals surface area contributed by atoms with Gasteiger partial charge in [-0.2, -0.15) is 10.2 Å². The molecule has 0 saturated carbocycles. The first-order valence-electron chi connectivity index (χ1n) is 4.51. The molecule has 2 aromatic heterocycles. The quantitative estimate of drug-likeness (QED) is 0.682. The molecule has 0 fully saturated rings. The standard InChI is InChI=1S/C10H12N4/c1-7-4-5-10(12-11-7)14-9(3)6-8(2)13-14/h4-6H,1-3H3. The van der Waals surface area contributed by atoms with Crippen LogP contribution in [0.4, 0.5) is 0 Å². The van der Waals surface area contributed by atoms with Gasteiger partial charge >= 0.3 is 0 Å². The van der Waals surface area contributed by atoms with Crippen LogP contribution in [0, 0.1) is 20.8 Å². The molecule has 0 aliphatic rings. The second-order valence-corrected chi connectivity index (χ2v) is 3.37. The minimum Gasteiger partial charge on any atom is -0.218 e. The van der Waals surface area contributed by atoms with Gasteiger partial charge in [0.15, 0.2) is 5.82 Å². The fourth-order valence-electron chi connectivity index (χ4n) is 1.37. The van der Waals surface area contributed by atoms with Crippen molar-refractivity contribution >= 4 is 0 Å². The van der Waals surface area contributed by atoms with Crippen LogP contribution in [0.15, 0.2) is 18.2 Å². The van der Waals surface area contributed by atoms with Gasteiger partial charge in [-0.25, -0.2) is 4.68 Å². The summed E-state index contributed by atoms with van der Waals surface area (Å²) >= 11 is 0. The Morgan fingerprint density at radius 2 is 1.79 bits per heavy atom. The van der Waals surface area contributed by atoms with E-state index in [1.807, 2.05) is 39.0 Å². The Kier molecular flexibility index (Phi) is 2.04. The maximum absolute atomic E-state index is 4.32. The lowest BCUT2D eigenvalue weighted by molar-refractivity contribution is 0.776. The highest BCUT2D eigenvalue weighted by atomic mass is 15.3. The Labute approximate surface area is 82.6 Å². The Hall–Kier alpha value is -1.71. The van der Waals surface area contributed by atoms with Crippen molar-refractivity contribution < 1.29 is 0 Å². The molecule has 0 amide bonds. The molecule has 0 N–H and O–H groups in total. The van der Waals surface area contributed by atoms with Crippen molar-refractivity contribution in [2.45, 2.75) is 20.8 Å². The first-order chi connectivity index (χ1) is 6.66. The SMILES string of the molecule is Cc1ccc(-n2nc(C)cc2C)nn1. The minimum absolute atomic E-state index is 0.765. The van der Waals surface area contributed by atoms with Gasteiger partial charge in [-0.15, -0.1) is 5.10 Å². The highest BCUT2D eigenvalue weighted by Crippen LogP contribution is 2.08. The molecule has 0 aliphatic heterocycles. The summed E-state index contributed by atoms with van der Waals surface area (Å²) in [5.41, 5.74) is 2.97. The Morgan fingerprint density at radius 1 is 1.00 bits per heavy atom. The van der Waals surface area contributed by atoms with Crippen LogP contribution < -0.4 is 0 Å². The van der Waals surface area contributed by atoms with Crippen molar-refractivity contribution in [3.05, 3.63) is 35.3 Å². The summed E-state index contributed by atoms with van der Waals surface area (Å²) in [4.78, 5) is 0. The second kappa shape index (κ2) is 3.21. The average molecular weight is 188 g/mol. The van der Waals surface area contributed by atoms with E-state index in [1.165, 1.54) is 0 Å². The second-order valence-electron chi connectivity index (χ2n) is 3.37. The minimum atomic E-state index is 0.765. The topological polar surface area (TPSA) is 43.6 Å². The Morgan fingerprint density at radius 3 is 2.29 bits per heavy atom. The Balaban J connectivity index is 2.49. The van der Waals surface area contributed by atoms with Crippen LogP contribution in [0.3, 0.4) is 0 Å². The maximum atomic E-state index is 4.32. The molecule has 14 heavy (non-hydrogen) atoms. The lowest BCUT2D eigenvalue weighted by Gasteiger charge is -2.01. The first kappa shape index (κ1) is 8.87. The molecule has 0 radical (unpaired) electrons. The third-order valence-electron chi connectivity index (χ3n) is 2.01. The predicted molar refractivity (Wildman–Crippen MR) is 53.4 cm³/mol. The summed E-state index contributed by atoms with van der Waals surface area (Å²) in [6, 6.07) is 5.86. The van der Waals surface area contributed by atoms with Crippen LogP contribution in [0.5, 0.6) is 0 Å². The zero-order valence-corrected chi connectivity index (χ0v) is 8.52. The Bertz CT molecular complexity index is 442. The summed E-state index contributed by atoms with van der Waals surface area (Å²) in [5.74, 6) is 0.765. The normalized spacial score (nSPS) is 10.5. The van der Waals surface area contributed by atoms with E-state index in [2.05, 4.69) is 15.3 Å². The van der Waals surface area contributed by atoms with E-state index in [4.69, 9.17) is 0 Å². The van der Waals surface area contributed by atoms with E-state index in [1.54, 1.807) is 4.68 Å². The third kappa shape index (κ3) is 1.51. The van der Waals surface area contributed by atoms with Gasteiger partial charge in [0.1, 0.15) is 0 Å². The monoisotopic (exact) mass is 188 g/mol. The molecule has 4 nitrogen and oxygen atoms in total. The highest BCUT2D eigenvalue weighted by molar-refractivity contribution is 5.24. The molecular weight excluding hydrogens is 176 g/mol. The average Bonchev–Trinajstić information content (AvgIpc) is 2.47. The maximum Gasteiger partial charge on any atom is 0.175 e.